The van der Waals surface area contributed by atoms with E-state index in [1.165, 1.54) is 4.90 Å². The van der Waals surface area contributed by atoms with E-state index in [1.54, 1.807) is 27.7 Å². The molecule has 0 aromatic carbocycles. The maximum atomic E-state index is 12.4. The van der Waals surface area contributed by atoms with Gasteiger partial charge in [-0.3, -0.25) is 9.69 Å². The summed E-state index contributed by atoms with van der Waals surface area (Å²) in [6.45, 7) is 6.43. The third kappa shape index (κ3) is 8.93. The SMILES string of the molecule is CCOC(=O)C(C)(N)CCCCN(CC(F)(F)F)C(C)C. The molecule has 7 heteroatoms. The lowest BCUT2D eigenvalue weighted by Gasteiger charge is -2.28. The summed E-state index contributed by atoms with van der Waals surface area (Å²) in [5.74, 6) is -0.471. The maximum absolute atomic E-state index is 12.4. The molecule has 0 saturated carbocycles. The summed E-state index contributed by atoms with van der Waals surface area (Å²) in [6, 6.07) is -0.180. The van der Waals surface area contributed by atoms with Gasteiger partial charge < -0.3 is 10.5 Å². The Morgan fingerprint density at radius 2 is 1.86 bits per heavy atom. The Labute approximate surface area is 124 Å². The highest BCUT2D eigenvalue weighted by Gasteiger charge is 2.32. The minimum Gasteiger partial charge on any atom is -0.465 e. The third-order valence-corrected chi connectivity index (χ3v) is 3.25. The highest BCUT2D eigenvalue weighted by molar-refractivity contribution is 5.79. The molecule has 0 heterocycles. The first-order valence-corrected chi connectivity index (χ1v) is 7.26. The summed E-state index contributed by atoms with van der Waals surface area (Å²) in [6.07, 6.45) is -2.67. The molecule has 0 amide bonds. The third-order valence-electron chi connectivity index (χ3n) is 3.25. The number of nitrogens with two attached hydrogens (primary N) is 1. The Morgan fingerprint density at radius 1 is 1.29 bits per heavy atom. The van der Waals surface area contributed by atoms with E-state index in [-0.39, 0.29) is 12.6 Å². The summed E-state index contributed by atoms with van der Waals surface area (Å²) in [4.78, 5) is 13.0. The number of esters is 1. The Bertz CT molecular complexity index is 318. The van der Waals surface area contributed by atoms with Crippen LogP contribution in [0.5, 0.6) is 0 Å². The van der Waals surface area contributed by atoms with Gasteiger partial charge in [0.1, 0.15) is 5.54 Å². The van der Waals surface area contributed by atoms with Crippen molar-refractivity contribution >= 4 is 5.97 Å². The first-order chi connectivity index (χ1) is 9.49. The largest absolute Gasteiger partial charge is 0.465 e. The van der Waals surface area contributed by atoms with Crippen molar-refractivity contribution in [3.8, 4) is 0 Å². The molecule has 1 unspecified atom stereocenters. The zero-order chi connectivity index (χ0) is 16.7. The van der Waals surface area contributed by atoms with Crippen molar-refractivity contribution in [2.45, 2.75) is 64.7 Å². The zero-order valence-electron chi connectivity index (χ0n) is 13.3. The lowest BCUT2D eigenvalue weighted by atomic mass is 9.96. The van der Waals surface area contributed by atoms with Gasteiger partial charge in [0.15, 0.2) is 0 Å². The van der Waals surface area contributed by atoms with Gasteiger partial charge in [-0.05, 0) is 53.5 Å². The van der Waals surface area contributed by atoms with Crippen molar-refractivity contribution in [2.75, 3.05) is 19.7 Å². The van der Waals surface area contributed by atoms with Crippen LogP contribution in [0.4, 0.5) is 13.2 Å². The van der Waals surface area contributed by atoms with Crippen LogP contribution in [0.1, 0.15) is 47.0 Å². The van der Waals surface area contributed by atoms with Crippen molar-refractivity contribution in [2.24, 2.45) is 5.73 Å². The molecule has 1 atom stereocenters. The number of rotatable bonds is 9. The monoisotopic (exact) mass is 312 g/mol. The quantitative estimate of drug-likeness (QED) is 0.525. The Balaban J connectivity index is 4.19. The van der Waals surface area contributed by atoms with E-state index in [0.29, 0.717) is 25.8 Å². The number of hydrogen-bond acceptors (Lipinski definition) is 4. The van der Waals surface area contributed by atoms with Crippen molar-refractivity contribution in [1.29, 1.82) is 0 Å². The van der Waals surface area contributed by atoms with Crippen LogP contribution in [-0.4, -0.2) is 48.3 Å². The van der Waals surface area contributed by atoms with Gasteiger partial charge in [-0.2, -0.15) is 13.2 Å². The van der Waals surface area contributed by atoms with Crippen molar-refractivity contribution in [3.05, 3.63) is 0 Å². The molecule has 0 rings (SSSR count). The fourth-order valence-electron chi connectivity index (χ4n) is 1.96. The molecule has 0 aliphatic rings. The molecule has 2 N–H and O–H groups in total. The second kappa shape index (κ2) is 8.58. The van der Waals surface area contributed by atoms with E-state index >= 15 is 0 Å². The summed E-state index contributed by atoms with van der Waals surface area (Å²) < 4.78 is 42.2. The van der Waals surface area contributed by atoms with Gasteiger partial charge in [0.25, 0.3) is 0 Å². The van der Waals surface area contributed by atoms with Crippen LogP contribution in [-0.2, 0) is 9.53 Å². The summed E-state index contributed by atoms with van der Waals surface area (Å²) >= 11 is 0. The van der Waals surface area contributed by atoms with Gasteiger partial charge in [0, 0.05) is 6.04 Å². The highest BCUT2D eigenvalue weighted by atomic mass is 19.4. The lowest BCUT2D eigenvalue weighted by Crippen LogP contribution is -2.46. The minimum atomic E-state index is -4.20. The molecule has 0 aromatic rings. The van der Waals surface area contributed by atoms with E-state index in [9.17, 15) is 18.0 Å². The number of nitrogens with zero attached hydrogens (tertiary/aromatic N) is 1. The van der Waals surface area contributed by atoms with Crippen LogP contribution < -0.4 is 5.73 Å². The number of alkyl halides is 3. The van der Waals surface area contributed by atoms with Crippen molar-refractivity contribution in [1.82, 2.24) is 4.90 Å². The number of carbonyl (C=O) groups excluding carboxylic acids is 1. The van der Waals surface area contributed by atoms with Crippen LogP contribution >= 0.6 is 0 Å². The number of carbonyl (C=O) groups is 1. The van der Waals surface area contributed by atoms with Gasteiger partial charge in [-0.15, -0.1) is 0 Å². The molecule has 0 aliphatic carbocycles. The predicted octanol–water partition coefficient (Wildman–Crippen LogP) is 2.71. The van der Waals surface area contributed by atoms with Gasteiger partial charge in [0.2, 0.25) is 0 Å². The molecule has 0 bridgehead atoms. The number of ether oxygens (including phenoxy) is 1. The summed E-state index contributed by atoms with van der Waals surface area (Å²) in [5, 5.41) is 0. The van der Waals surface area contributed by atoms with E-state index in [2.05, 4.69) is 0 Å². The Kier molecular flexibility index (Phi) is 8.25. The molecule has 126 valence electrons. The van der Waals surface area contributed by atoms with Gasteiger partial charge in [0.05, 0.1) is 13.2 Å². The van der Waals surface area contributed by atoms with Gasteiger partial charge >= 0.3 is 12.1 Å². The summed E-state index contributed by atoms with van der Waals surface area (Å²) in [7, 11) is 0. The molecular formula is C14H27F3N2O2. The van der Waals surface area contributed by atoms with Crippen LogP contribution in [0, 0.1) is 0 Å². The Hall–Kier alpha value is -0.820. The second-order valence-corrected chi connectivity index (χ2v) is 5.77. The van der Waals surface area contributed by atoms with E-state index in [0.717, 1.165) is 0 Å². The molecule has 0 spiro atoms. The normalized spacial score (nSPS) is 15.3. The number of halogens is 3. The zero-order valence-corrected chi connectivity index (χ0v) is 13.3. The molecule has 0 saturated heterocycles. The maximum Gasteiger partial charge on any atom is 0.401 e. The van der Waals surface area contributed by atoms with Crippen LogP contribution in [0.3, 0.4) is 0 Å². The number of unbranched alkanes of at least 4 members (excludes halogenated alkanes) is 1. The first kappa shape index (κ1) is 20.2. The number of hydrogen-bond donors (Lipinski definition) is 1. The van der Waals surface area contributed by atoms with Crippen molar-refractivity contribution in [3.63, 3.8) is 0 Å². The molecule has 21 heavy (non-hydrogen) atoms. The predicted molar refractivity (Wildman–Crippen MR) is 75.8 cm³/mol. The standard InChI is InChI=1S/C14H27F3N2O2/c1-5-21-12(20)13(4,18)8-6-7-9-19(11(2)3)10-14(15,16)17/h11H,5-10,18H2,1-4H3. The second-order valence-electron chi connectivity index (χ2n) is 5.77. The average Bonchev–Trinajstić information content (AvgIpc) is 2.31. The van der Waals surface area contributed by atoms with Crippen LogP contribution in [0.15, 0.2) is 0 Å². The van der Waals surface area contributed by atoms with Gasteiger partial charge in [-0.25, -0.2) is 0 Å². The van der Waals surface area contributed by atoms with E-state index < -0.39 is 24.2 Å². The highest BCUT2D eigenvalue weighted by Crippen LogP contribution is 2.19. The van der Waals surface area contributed by atoms with E-state index in [4.69, 9.17) is 10.5 Å². The van der Waals surface area contributed by atoms with Crippen molar-refractivity contribution < 1.29 is 22.7 Å². The smallest absolute Gasteiger partial charge is 0.401 e. The minimum absolute atomic E-state index is 0.180. The molecule has 4 nitrogen and oxygen atoms in total. The lowest BCUT2D eigenvalue weighted by molar-refractivity contribution is -0.149. The van der Waals surface area contributed by atoms with E-state index in [1.807, 2.05) is 0 Å². The molecule has 0 aliphatic heterocycles. The van der Waals surface area contributed by atoms with Crippen LogP contribution in [0.2, 0.25) is 0 Å². The fraction of sp³-hybridized carbons (Fsp3) is 0.929. The topological polar surface area (TPSA) is 55.6 Å². The first-order valence-electron chi connectivity index (χ1n) is 7.26. The summed E-state index contributed by atoms with van der Waals surface area (Å²) in [5.41, 5.74) is 4.78. The fourth-order valence-corrected chi connectivity index (χ4v) is 1.96. The molecule has 0 radical (unpaired) electrons. The Morgan fingerprint density at radius 3 is 2.29 bits per heavy atom. The van der Waals surface area contributed by atoms with Crippen LogP contribution in [0.25, 0.3) is 0 Å². The molecule has 0 fully saturated rings. The molecule has 0 aromatic heterocycles. The molecular weight excluding hydrogens is 285 g/mol. The van der Waals surface area contributed by atoms with Gasteiger partial charge in [-0.1, -0.05) is 0 Å². The average molecular weight is 312 g/mol.